The lowest BCUT2D eigenvalue weighted by Crippen LogP contribution is -2.01. The number of thiazole rings is 1. The van der Waals surface area contributed by atoms with Crippen molar-refractivity contribution in [3.05, 3.63) is 84.3 Å². The van der Waals surface area contributed by atoms with Gasteiger partial charge in [-0.2, -0.15) is 0 Å². The molecule has 0 saturated carbocycles. The largest absolute Gasteiger partial charge is 0.388 e. The average molecular weight is 357 g/mol. The Morgan fingerprint density at radius 2 is 1.73 bits per heavy atom. The van der Waals surface area contributed by atoms with Gasteiger partial charge in [-0.25, -0.2) is 4.98 Å². The monoisotopic (exact) mass is 357 g/mol. The van der Waals surface area contributed by atoms with Gasteiger partial charge in [0, 0.05) is 34.9 Å². The first-order valence-electron chi connectivity index (χ1n) is 8.42. The summed E-state index contributed by atoms with van der Waals surface area (Å²) < 4.78 is 0. The molecule has 0 unspecified atom stereocenters. The van der Waals surface area contributed by atoms with Crippen LogP contribution in [0.2, 0.25) is 0 Å². The van der Waals surface area contributed by atoms with Gasteiger partial charge in [0.1, 0.15) is 0 Å². The Kier molecular flexibility index (Phi) is 4.42. The number of hydrogen-bond donors (Lipinski definition) is 2. The highest BCUT2D eigenvalue weighted by Gasteiger charge is 2.09. The van der Waals surface area contributed by atoms with Gasteiger partial charge in [0.15, 0.2) is 5.13 Å². The van der Waals surface area contributed by atoms with Gasteiger partial charge < -0.3 is 10.6 Å². The van der Waals surface area contributed by atoms with Gasteiger partial charge in [-0.05, 0) is 22.9 Å². The van der Waals surface area contributed by atoms with Crippen LogP contribution in [0, 0.1) is 0 Å². The predicted molar refractivity (Wildman–Crippen MR) is 114 cm³/mol. The number of para-hydroxylation sites is 1. The summed E-state index contributed by atoms with van der Waals surface area (Å²) in [5.41, 5.74) is 5.00. The average Bonchev–Trinajstić information content (AvgIpc) is 3.16. The quantitative estimate of drug-likeness (QED) is 0.454. The number of anilines is 2. The molecule has 1 aromatic heterocycles. The second kappa shape index (κ2) is 7.02. The molecule has 2 N–H and O–H groups in total. The number of nitrogens with zero attached hydrogens (tertiary/aromatic N) is 1. The molecule has 3 nitrogen and oxygen atoms in total. The fourth-order valence-electron chi connectivity index (χ4n) is 2.97. The van der Waals surface area contributed by atoms with E-state index in [0.29, 0.717) is 0 Å². The van der Waals surface area contributed by atoms with Crippen LogP contribution in [0.3, 0.4) is 0 Å². The molecule has 0 aliphatic carbocycles. The molecule has 26 heavy (non-hydrogen) atoms. The highest BCUT2D eigenvalue weighted by molar-refractivity contribution is 7.14. The first kappa shape index (κ1) is 16.4. The normalized spacial score (nSPS) is 10.7. The molecule has 0 amide bonds. The van der Waals surface area contributed by atoms with Crippen molar-refractivity contribution >= 4 is 38.6 Å². The van der Waals surface area contributed by atoms with E-state index in [1.54, 1.807) is 11.3 Å². The van der Waals surface area contributed by atoms with Crippen LogP contribution in [0.15, 0.2) is 78.7 Å². The molecule has 0 radical (unpaired) electrons. The van der Waals surface area contributed by atoms with E-state index < -0.39 is 0 Å². The zero-order valence-electron chi connectivity index (χ0n) is 14.5. The van der Waals surface area contributed by atoms with Crippen molar-refractivity contribution in [2.75, 3.05) is 17.7 Å². The molecule has 1 heterocycles. The summed E-state index contributed by atoms with van der Waals surface area (Å²) >= 11 is 1.58. The zero-order chi connectivity index (χ0) is 17.9. The second-order valence-corrected chi connectivity index (χ2v) is 6.86. The smallest absolute Gasteiger partial charge is 0.187 e. The van der Waals surface area contributed by atoms with Gasteiger partial charge >= 0.3 is 0 Å². The maximum absolute atomic E-state index is 4.73. The molecular weight excluding hydrogens is 338 g/mol. The summed E-state index contributed by atoms with van der Waals surface area (Å²) in [6.07, 6.45) is 0. The van der Waals surface area contributed by atoms with E-state index in [1.807, 2.05) is 31.3 Å². The molecule has 0 spiro atoms. The SMILES string of the molecule is C=C(Nc1nc(-c2ccc3ccccc3c2)cs1)c1ccccc1NC. The second-order valence-electron chi connectivity index (χ2n) is 6.00. The number of fused-ring (bicyclic) bond motifs is 1. The van der Waals surface area contributed by atoms with Crippen molar-refractivity contribution in [2.24, 2.45) is 0 Å². The Hall–Kier alpha value is -3.11. The van der Waals surface area contributed by atoms with Crippen LogP contribution in [0.25, 0.3) is 27.7 Å². The first-order chi connectivity index (χ1) is 12.7. The third-order valence-corrected chi connectivity index (χ3v) is 5.09. The van der Waals surface area contributed by atoms with Crippen molar-refractivity contribution in [1.82, 2.24) is 4.98 Å². The Morgan fingerprint density at radius 3 is 2.58 bits per heavy atom. The van der Waals surface area contributed by atoms with E-state index >= 15 is 0 Å². The lowest BCUT2D eigenvalue weighted by molar-refractivity contribution is 1.38. The van der Waals surface area contributed by atoms with E-state index in [-0.39, 0.29) is 0 Å². The van der Waals surface area contributed by atoms with Crippen LogP contribution in [0.4, 0.5) is 10.8 Å². The van der Waals surface area contributed by atoms with Gasteiger partial charge in [-0.15, -0.1) is 11.3 Å². The van der Waals surface area contributed by atoms with Crippen LogP contribution in [0.1, 0.15) is 5.56 Å². The molecule has 0 saturated heterocycles. The molecule has 0 atom stereocenters. The Labute approximate surface area is 157 Å². The Morgan fingerprint density at radius 1 is 0.962 bits per heavy atom. The molecular formula is C22H19N3S. The first-order valence-corrected chi connectivity index (χ1v) is 9.30. The Bertz CT molecular complexity index is 1080. The van der Waals surface area contributed by atoms with Gasteiger partial charge in [0.05, 0.1) is 5.69 Å². The Balaban J connectivity index is 1.58. The third-order valence-electron chi connectivity index (χ3n) is 4.33. The summed E-state index contributed by atoms with van der Waals surface area (Å²) in [6, 6.07) is 22.9. The van der Waals surface area contributed by atoms with Gasteiger partial charge in [-0.3, -0.25) is 0 Å². The van der Waals surface area contributed by atoms with Gasteiger partial charge in [0.2, 0.25) is 0 Å². The van der Waals surface area contributed by atoms with Crippen LogP contribution < -0.4 is 10.6 Å². The van der Waals surface area contributed by atoms with E-state index in [1.165, 1.54) is 10.8 Å². The maximum Gasteiger partial charge on any atom is 0.187 e. The van der Waals surface area contributed by atoms with Crippen molar-refractivity contribution in [2.45, 2.75) is 0 Å². The minimum Gasteiger partial charge on any atom is -0.388 e. The fraction of sp³-hybridized carbons (Fsp3) is 0.0455. The molecule has 4 rings (SSSR count). The van der Waals surface area contributed by atoms with Crippen LogP contribution in [-0.2, 0) is 0 Å². The fourth-order valence-corrected chi connectivity index (χ4v) is 3.72. The molecule has 4 aromatic rings. The number of nitrogens with one attached hydrogen (secondary N) is 2. The molecule has 128 valence electrons. The summed E-state index contributed by atoms with van der Waals surface area (Å²) in [4.78, 5) is 4.73. The van der Waals surface area contributed by atoms with Gasteiger partial charge in [0.25, 0.3) is 0 Å². The van der Waals surface area contributed by atoms with E-state index in [4.69, 9.17) is 4.98 Å². The highest BCUT2D eigenvalue weighted by atomic mass is 32.1. The summed E-state index contributed by atoms with van der Waals surface area (Å²) in [6.45, 7) is 4.17. The van der Waals surface area contributed by atoms with Crippen LogP contribution in [-0.4, -0.2) is 12.0 Å². The number of hydrogen-bond acceptors (Lipinski definition) is 4. The lowest BCUT2D eigenvalue weighted by Gasteiger charge is -2.11. The molecule has 4 heteroatoms. The van der Waals surface area contributed by atoms with E-state index in [0.717, 1.165) is 33.3 Å². The molecule has 0 aliphatic rings. The third kappa shape index (κ3) is 3.19. The lowest BCUT2D eigenvalue weighted by atomic mass is 10.1. The standard InChI is InChI=1S/C22H19N3S/c1-15(19-9-5-6-10-20(19)23-2)24-22-25-21(14-26-22)18-12-11-16-7-3-4-8-17(16)13-18/h3-14,23H,1H2,2H3,(H,24,25). The molecule has 3 aromatic carbocycles. The number of benzene rings is 3. The van der Waals surface area contributed by atoms with Crippen molar-refractivity contribution in [3.63, 3.8) is 0 Å². The summed E-state index contributed by atoms with van der Waals surface area (Å²) in [5, 5.41) is 11.9. The van der Waals surface area contributed by atoms with E-state index in [9.17, 15) is 0 Å². The predicted octanol–water partition coefficient (Wildman–Crippen LogP) is 6.09. The highest BCUT2D eigenvalue weighted by Crippen LogP contribution is 2.30. The topological polar surface area (TPSA) is 37.0 Å². The van der Waals surface area contributed by atoms with Crippen LogP contribution in [0.5, 0.6) is 0 Å². The number of aromatic nitrogens is 1. The molecule has 0 bridgehead atoms. The minimum atomic E-state index is 0.828. The number of rotatable bonds is 5. The van der Waals surface area contributed by atoms with E-state index in [2.05, 4.69) is 65.1 Å². The minimum absolute atomic E-state index is 0.828. The zero-order valence-corrected chi connectivity index (χ0v) is 15.3. The molecule has 0 aliphatic heterocycles. The van der Waals surface area contributed by atoms with Crippen molar-refractivity contribution in [1.29, 1.82) is 0 Å². The summed E-state index contributed by atoms with van der Waals surface area (Å²) in [7, 11) is 1.91. The van der Waals surface area contributed by atoms with Crippen LogP contribution >= 0.6 is 11.3 Å². The van der Waals surface area contributed by atoms with Crippen molar-refractivity contribution in [3.8, 4) is 11.3 Å². The van der Waals surface area contributed by atoms with Gasteiger partial charge in [-0.1, -0.05) is 61.2 Å². The maximum atomic E-state index is 4.73. The summed E-state index contributed by atoms with van der Waals surface area (Å²) in [5.74, 6) is 0. The molecule has 0 fully saturated rings. The van der Waals surface area contributed by atoms with Crippen molar-refractivity contribution < 1.29 is 0 Å².